The Morgan fingerprint density at radius 2 is 1.28 bits per heavy atom. The number of hydrogen-bond acceptors (Lipinski definition) is 7. The molecule has 0 spiro atoms. The molecule has 11 heteroatoms. The number of hydrogen-bond donors (Lipinski definition) is 4. The smallest absolute Gasteiger partial charge is 0.407 e. The molecule has 4 rings (SSSR count). The molecule has 1 atom stereocenters. The van der Waals surface area contributed by atoms with Crippen molar-refractivity contribution in [1.82, 2.24) is 21.3 Å². The van der Waals surface area contributed by atoms with E-state index in [4.69, 9.17) is 14.2 Å². The van der Waals surface area contributed by atoms with Crippen LogP contribution in [0.15, 0.2) is 78.9 Å². The van der Waals surface area contributed by atoms with Gasteiger partial charge >= 0.3 is 18.3 Å². The van der Waals surface area contributed by atoms with E-state index in [0.717, 1.165) is 27.8 Å². The Morgan fingerprint density at radius 1 is 0.681 bits per heavy atom. The van der Waals surface area contributed by atoms with Crippen LogP contribution >= 0.6 is 0 Å². The summed E-state index contributed by atoms with van der Waals surface area (Å²) in [6, 6.07) is 24.5. The quantitative estimate of drug-likeness (QED) is 0.132. The van der Waals surface area contributed by atoms with E-state index in [2.05, 4.69) is 33.4 Å². The number of benzene rings is 3. The molecule has 250 valence electrons. The molecule has 0 radical (unpaired) electrons. The molecule has 11 nitrogen and oxygen atoms in total. The van der Waals surface area contributed by atoms with E-state index >= 15 is 0 Å². The summed E-state index contributed by atoms with van der Waals surface area (Å²) in [6.45, 7) is 6.22. The maximum absolute atomic E-state index is 13.1. The number of amides is 4. The van der Waals surface area contributed by atoms with Crippen molar-refractivity contribution in [3.05, 3.63) is 95.6 Å². The molecule has 0 aliphatic heterocycles. The van der Waals surface area contributed by atoms with E-state index in [1.165, 1.54) is 0 Å². The molecule has 47 heavy (non-hydrogen) atoms. The van der Waals surface area contributed by atoms with Gasteiger partial charge in [0.1, 0.15) is 24.9 Å². The van der Waals surface area contributed by atoms with Crippen LogP contribution in [0.2, 0.25) is 0 Å². The van der Waals surface area contributed by atoms with Crippen LogP contribution < -0.4 is 21.3 Å². The summed E-state index contributed by atoms with van der Waals surface area (Å²) in [7, 11) is 0. The molecule has 1 aliphatic rings. The molecular formula is C36H44N4O7. The van der Waals surface area contributed by atoms with Crippen molar-refractivity contribution < 1.29 is 33.4 Å². The lowest BCUT2D eigenvalue weighted by Crippen LogP contribution is -2.48. The number of carbonyl (C=O) groups excluding carboxylic acids is 4. The molecule has 4 N–H and O–H groups in total. The van der Waals surface area contributed by atoms with E-state index in [-0.39, 0.29) is 32.2 Å². The Bertz CT molecular complexity index is 1460. The average Bonchev–Trinajstić information content (AvgIpc) is 3.37. The third-order valence-corrected chi connectivity index (χ3v) is 7.45. The largest absolute Gasteiger partial charge is 0.449 e. The zero-order chi connectivity index (χ0) is 33.6. The topological polar surface area (TPSA) is 144 Å². The standard InChI is InChI=1S/C36H44N4O7/c1-36(2,3)47-34(43)38-20-12-11-19-31(32(41)37-21-22-39-33(42)45-23-25-13-5-4-6-14-25)40-35(44)46-24-30-28-17-9-7-15-26(28)27-16-8-10-18-29(27)30/h4-10,13-18,30-31H,11-12,19-24H2,1-3H3,(H,37,41)(H,38,43)(H,39,42)(H,40,44)/t31-/m0/s1. The molecular weight excluding hydrogens is 600 g/mol. The van der Waals surface area contributed by atoms with Gasteiger partial charge in [0, 0.05) is 25.6 Å². The maximum atomic E-state index is 13.1. The number of unbranched alkanes of at least 4 members (excludes halogenated alkanes) is 1. The molecule has 0 saturated carbocycles. The highest BCUT2D eigenvalue weighted by Crippen LogP contribution is 2.44. The number of nitrogens with one attached hydrogen (secondary N) is 4. The van der Waals surface area contributed by atoms with Crippen LogP contribution in [0.3, 0.4) is 0 Å². The normalized spacial score (nSPS) is 12.6. The summed E-state index contributed by atoms with van der Waals surface area (Å²) in [5.74, 6) is -0.537. The van der Waals surface area contributed by atoms with Crippen molar-refractivity contribution in [1.29, 1.82) is 0 Å². The second kappa shape index (κ2) is 17.0. The van der Waals surface area contributed by atoms with Gasteiger partial charge in [-0.05, 0) is 67.9 Å². The first-order valence-corrected chi connectivity index (χ1v) is 15.9. The van der Waals surface area contributed by atoms with E-state index in [0.29, 0.717) is 25.8 Å². The van der Waals surface area contributed by atoms with Gasteiger partial charge in [0.2, 0.25) is 5.91 Å². The SMILES string of the molecule is CC(C)(C)OC(=O)NCCCC[C@H](NC(=O)OCC1c2ccccc2-c2ccccc21)C(=O)NCCNC(=O)OCc1ccccc1. The fourth-order valence-corrected chi connectivity index (χ4v) is 5.28. The first-order chi connectivity index (χ1) is 22.6. The van der Waals surface area contributed by atoms with E-state index in [9.17, 15) is 19.2 Å². The summed E-state index contributed by atoms with van der Waals surface area (Å²) in [5.41, 5.74) is 4.66. The van der Waals surface area contributed by atoms with E-state index in [1.807, 2.05) is 66.7 Å². The van der Waals surface area contributed by atoms with Gasteiger partial charge in [0.05, 0.1) is 0 Å². The Balaban J connectivity index is 1.26. The van der Waals surface area contributed by atoms with E-state index in [1.54, 1.807) is 20.8 Å². The summed E-state index contributed by atoms with van der Waals surface area (Å²) in [4.78, 5) is 50.1. The Hall–Kier alpha value is -5.06. The molecule has 0 bridgehead atoms. The minimum absolute atomic E-state index is 0.114. The van der Waals surface area contributed by atoms with Gasteiger partial charge in [0.15, 0.2) is 0 Å². The Kier molecular flexibility index (Phi) is 12.6. The van der Waals surface area contributed by atoms with Gasteiger partial charge in [-0.3, -0.25) is 4.79 Å². The van der Waals surface area contributed by atoms with Gasteiger partial charge in [0.25, 0.3) is 0 Å². The fourth-order valence-electron chi connectivity index (χ4n) is 5.28. The summed E-state index contributed by atoms with van der Waals surface area (Å²) in [5, 5.41) is 10.8. The maximum Gasteiger partial charge on any atom is 0.407 e. The predicted octanol–water partition coefficient (Wildman–Crippen LogP) is 5.63. The van der Waals surface area contributed by atoms with Crippen molar-refractivity contribution in [3.8, 4) is 11.1 Å². The molecule has 0 aromatic heterocycles. The van der Waals surface area contributed by atoms with Crippen molar-refractivity contribution in [3.63, 3.8) is 0 Å². The highest BCUT2D eigenvalue weighted by Gasteiger charge is 2.30. The number of fused-ring (bicyclic) bond motifs is 3. The Labute approximate surface area is 275 Å². The molecule has 0 fully saturated rings. The second-order valence-corrected chi connectivity index (χ2v) is 12.2. The molecule has 3 aromatic carbocycles. The van der Waals surface area contributed by atoms with E-state index < -0.39 is 35.8 Å². The second-order valence-electron chi connectivity index (χ2n) is 12.2. The van der Waals surface area contributed by atoms with Crippen LogP contribution in [-0.4, -0.2) is 62.1 Å². The number of carbonyl (C=O) groups is 4. The van der Waals surface area contributed by atoms with Crippen LogP contribution in [-0.2, 0) is 25.6 Å². The molecule has 0 saturated heterocycles. The number of ether oxygens (including phenoxy) is 3. The minimum Gasteiger partial charge on any atom is -0.449 e. The van der Waals surface area contributed by atoms with Gasteiger partial charge in [-0.15, -0.1) is 0 Å². The van der Waals surface area contributed by atoms with Crippen LogP contribution in [0.5, 0.6) is 0 Å². The first kappa shape index (κ1) is 34.8. The summed E-state index contributed by atoms with van der Waals surface area (Å²) < 4.78 is 16.1. The van der Waals surface area contributed by atoms with Gasteiger partial charge in [-0.1, -0.05) is 78.9 Å². The zero-order valence-electron chi connectivity index (χ0n) is 27.2. The van der Waals surface area contributed by atoms with Gasteiger partial charge in [-0.2, -0.15) is 0 Å². The van der Waals surface area contributed by atoms with Crippen molar-refractivity contribution in [2.45, 2.75) is 64.2 Å². The van der Waals surface area contributed by atoms with Gasteiger partial charge < -0.3 is 35.5 Å². The fraction of sp³-hybridized carbons (Fsp3) is 0.389. The first-order valence-electron chi connectivity index (χ1n) is 15.9. The van der Waals surface area contributed by atoms with Crippen LogP contribution in [0.1, 0.15) is 62.6 Å². The average molecular weight is 645 g/mol. The lowest BCUT2D eigenvalue weighted by atomic mass is 9.98. The lowest BCUT2D eigenvalue weighted by molar-refractivity contribution is -0.123. The zero-order valence-corrected chi connectivity index (χ0v) is 27.2. The number of alkyl carbamates (subject to hydrolysis) is 3. The molecule has 0 heterocycles. The summed E-state index contributed by atoms with van der Waals surface area (Å²) in [6.07, 6.45) is -0.432. The predicted molar refractivity (Wildman–Crippen MR) is 178 cm³/mol. The van der Waals surface area contributed by atoms with Crippen molar-refractivity contribution in [2.75, 3.05) is 26.2 Å². The third kappa shape index (κ3) is 11.1. The van der Waals surface area contributed by atoms with Crippen molar-refractivity contribution >= 4 is 24.2 Å². The van der Waals surface area contributed by atoms with Crippen LogP contribution in [0.4, 0.5) is 14.4 Å². The minimum atomic E-state index is -0.891. The lowest BCUT2D eigenvalue weighted by Gasteiger charge is -2.21. The van der Waals surface area contributed by atoms with Crippen molar-refractivity contribution in [2.24, 2.45) is 0 Å². The highest BCUT2D eigenvalue weighted by molar-refractivity contribution is 5.85. The Morgan fingerprint density at radius 3 is 1.94 bits per heavy atom. The third-order valence-electron chi connectivity index (χ3n) is 7.45. The summed E-state index contributed by atoms with van der Waals surface area (Å²) >= 11 is 0. The highest BCUT2D eigenvalue weighted by atomic mass is 16.6. The van der Waals surface area contributed by atoms with Crippen LogP contribution in [0.25, 0.3) is 11.1 Å². The van der Waals surface area contributed by atoms with Crippen LogP contribution in [0, 0.1) is 0 Å². The molecule has 0 unspecified atom stereocenters. The molecule has 1 aliphatic carbocycles. The monoisotopic (exact) mass is 644 g/mol. The number of rotatable bonds is 14. The molecule has 4 amide bonds. The molecule has 3 aromatic rings. The van der Waals surface area contributed by atoms with Gasteiger partial charge in [-0.25, -0.2) is 14.4 Å².